The van der Waals surface area contributed by atoms with E-state index in [0.29, 0.717) is 10.9 Å². The summed E-state index contributed by atoms with van der Waals surface area (Å²) < 4.78 is 0. The van der Waals surface area contributed by atoms with Gasteiger partial charge in [0.15, 0.2) is 0 Å². The van der Waals surface area contributed by atoms with Crippen molar-refractivity contribution in [2.24, 2.45) is 5.92 Å². The topological polar surface area (TPSA) is 32.8 Å². The Hall–Kier alpha value is -2.04. The van der Waals surface area contributed by atoms with E-state index in [4.69, 9.17) is 16.4 Å². The van der Waals surface area contributed by atoms with Gasteiger partial charge in [-0.25, -0.2) is 0 Å². The van der Waals surface area contributed by atoms with Crippen LogP contribution in [0.2, 0.25) is 5.02 Å². The summed E-state index contributed by atoms with van der Waals surface area (Å²) in [6.07, 6.45) is 5.51. The van der Waals surface area contributed by atoms with E-state index >= 15 is 0 Å². The smallest absolute Gasteiger partial charge is 0.253 e. The van der Waals surface area contributed by atoms with E-state index in [2.05, 4.69) is 24.3 Å². The number of piperidine rings is 1. The summed E-state index contributed by atoms with van der Waals surface area (Å²) in [5.41, 5.74) is 3.23. The number of amides is 1. The number of benzene rings is 2. The van der Waals surface area contributed by atoms with E-state index in [9.17, 15) is 4.79 Å². The van der Waals surface area contributed by atoms with Crippen LogP contribution in [0.15, 0.2) is 48.5 Å². The summed E-state index contributed by atoms with van der Waals surface area (Å²) >= 11 is 5.92. The molecule has 0 aromatic heterocycles. The van der Waals surface area contributed by atoms with Crippen LogP contribution in [0.25, 0.3) is 0 Å². The van der Waals surface area contributed by atoms with Crippen LogP contribution >= 0.6 is 11.6 Å². The fourth-order valence-electron chi connectivity index (χ4n) is 4.05. The summed E-state index contributed by atoms with van der Waals surface area (Å²) in [5.74, 6) is 0.743. The highest BCUT2D eigenvalue weighted by atomic mass is 35.5. The highest BCUT2D eigenvalue weighted by Crippen LogP contribution is 2.25. The number of carbonyl (C=O) groups is 1. The molecular formula is C23H27ClN2O2. The Morgan fingerprint density at radius 3 is 2.32 bits per heavy atom. The first-order valence-electron chi connectivity index (χ1n) is 10.2. The van der Waals surface area contributed by atoms with Gasteiger partial charge in [0.1, 0.15) is 0 Å². The quantitative estimate of drug-likeness (QED) is 0.729. The molecule has 148 valence electrons. The summed E-state index contributed by atoms with van der Waals surface area (Å²) in [7, 11) is 0. The maximum absolute atomic E-state index is 12.6. The molecule has 2 aromatic carbocycles. The molecule has 0 unspecified atom stereocenters. The molecule has 28 heavy (non-hydrogen) atoms. The van der Waals surface area contributed by atoms with Gasteiger partial charge in [0.2, 0.25) is 0 Å². The normalized spacial score (nSPS) is 18.3. The molecule has 5 heteroatoms. The number of carbonyl (C=O) groups excluding carboxylic acids is 1. The van der Waals surface area contributed by atoms with Gasteiger partial charge in [-0.05, 0) is 80.0 Å². The third-order valence-corrected chi connectivity index (χ3v) is 6.00. The van der Waals surface area contributed by atoms with Crippen LogP contribution in [0.5, 0.6) is 0 Å². The predicted molar refractivity (Wildman–Crippen MR) is 113 cm³/mol. The van der Waals surface area contributed by atoms with E-state index in [1.54, 1.807) is 12.1 Å². The molecule has 2 saturated heterocycles. The van der Waals surface area contributed by atoms with Crippen LogP contribution < -0.4 is 5.06 Å². The number of likely N-dealkylation sites (tertiary alicyclic amines) is 1. The van der Waals surface area contributed by atoms with Crippen molar-refractivity contribution in [2.75, 3.05) is 31.3 Å². The van der Waals surface area contributed by atoms with Crippen molar-refractivity contribution in [3.05, 3.63) is 64.7 Å². The van der Waals surface area contributed by atoms with Gasteiger partial charge in [-0.2, -0.15) is 0 Å². The van der Waals surface area contributed by atoms with Crippen molar-refractivity contribution in [3.63, 3.8) is 0 Å². The molecule has 0 N–H and O–H groups in total. The average Bonchev–Trinajstić information content (AvgIpc) is 2.75. The molecule has 0 aliphatic carbocycles. The van der Waals surface area contributed by atoms with Gasteiger partial charge < -0.3 is 4.90 Å². The Morgan fingerprint density at radius 1 is 0.964 bits per heavy atom. The van der Waals surface area contributed by atoms with Crippen LogP contribution in [-0.2, 0) is 11.3 Å². The van der Waals surface area contributed by atoms with Crippen molar-refractivity contribution in [2.45, 2.75) is 32.1 Å². The van der Waals surface area contributed by atoms with Crippen LogP contribution in [0.1, 0.15) is 41.6 Å². The molecule has 4 nitrogen and oxygen atoms in total. The highest BCUT2D eigenvalue weighted by molar-refractivity contribution is 6.30. The minimum Gasteiger partial charge on any atom is -0.339 e. The molecule has 0 radical (unpaired) electrons. The summed E-state index contributed by atoms with van der Waals surface area (Å²) in [6, 6.07) is 16.0. The number of rotatable bonds is 4. The van der Waals surface area contributed by atoms with Crippen molar-refractivity contribution in [1.82, 2.24) is 4.90 Å². The van der Waals surface area contributed by atoms with E-state index in [-0.39, 0.29) is 5.91 Å². The second-order valence-electron chi connectivity index (χ2n) is 7.76. The fourth-order valence-corrected chi connectivity index (χ4v) is 4.17. The first-order valence-corrected chi connectivity index (χ1v) is 10.6. The molecule has 2 aromatic rings. The number of halogens is 1. The zero-order valence-corrected chi connectivity index (χ0v) is 16.9. The third kappa shape index (κ3) is 4.68. The lowest BCUT2D eigenvalue weighted by Gasteiger charge is -2.32. The number of anilines is 1. The molecule has 2 fully saturated rings. The number of hydrogen-bond acceptors (Lipinski definition) is 3. The van der Waals surface area contributed by atoms with Gasteiger partial charge in [0.25, 0.3) is 5.91 Å². The maximum Gasteiger partial charge on any atom is 0.253 e. The molecule has 4 rings (SSSR count). The van der Waals surface area contributed by atoms with E-state index in [1.807, 2.05) is 22.1 Å². The monoisotopic (exact) mass is 398 g/mol. The Kier molecular flexibility index (Phi) is 6.18. The molecule has 2 heterocycles. The molecule has 2 aliphatic heterocycles. The molecule has 1 amide bonds. The zero-order valence-electron chi connectivity index (χ0n) is 16.1. The van der Waals surface area contributed by atoms with E-state index in [1.165, 1.54) is 12.0 Å². The van der Waals surface area contributed by atoms with Gasteiger partial charge in [0, 0.05) is 30.2 Å². The fraction of sp³-hybridized carbons (Fsp3) is 0.435. The Morgan fingerprint density at radius 2 is 1.68 bits per heavy atom. The van der Waals surface area contributed by atoms with Gasteiger partial charge in [0.05, 0.1) is 12.3 Å². The molecule has 0 spiro atoms. The summed E-state index contributed by atoms with van der Waals surface area (Å²) in [6.45, 7) is 3.44. The number of hydroxylamine groups is 1. The Bertz CT molecular complexity index is 777. The lowest BCUT2D eigenvalue weighted by atomic mass is 9.90. The minimum atomic E-state index is 0.112. The van der Waals surface area contributed by atoms with Crippen molar-refractivity contribution in [3.8, 4) is 0 Å². The SMILES string of the molecule is O=C(c1ccc(Cl)cc1)N1CCC(Cc2ccc(N3CCCCO3)cc2)CC1. The average molecular weight is 399 g/mol. The molecule has 0 atom stereocenters. The highest BCUT2D eigenvalue weighted by Gasteiger charge is 2.24. The third-order valence-electron chi connectivity index (χ3n) is 5.74. The Balaban J connectivity index is 1.28. The van der Waals surface area contributed by atoms with Gasteiger partial charge >= 0.3 is 0 Å². The zero-order chi connectivity index (χ0) is 19.3. The van der Waals surface area contributed by atoms with Gasteiger partial charge in [-0.1, -0.05) is 23.7 Å². The van der Waals surface area contributed by atoms with Gasteiger partial charge in [-0.3, -0.25) is 14.7 Å². The Labute approximate surface area is 172 Å². The minimum absolute atomic E-state index is 0.112. The standard InChI is InChI=1S/C23H27ClN2O2/c24-21-7-5-20(6-8-21)23(27)25-14-11-19(12-15-25)17-18-3-9-22(10-4-18)26-13-1-2-16-28-26/h3-10,19H,1-2,11-17H2. The van der Waals surface area contributed by atoms with Crippen LogP contribution in [0.4, 0.5) is 5.69 Å². The largest absolute Gasteiger partial charge is 0.339 e. The lowest BCUT2D eigenvalue weighted by molar-refractivity contribution is 0.0690. The van der Waals surface area contributed by atoms with Crippen LogP contribution in [-0.4, -0.2) is 37.0 Å². The van der Waals surface area contributed by atoms with E-state index < -0.39 is 0 Å². The van der Waals surface area contributed by atoms with E-state index in [0.717, 1.165) is 63.2 Å². The van der Waals surface area contributed by atoms with Crippen LogP contribution in [0.3, 0.4) is 0 Å². The van der Waals surface area contributed by atoms with Crippen molar-refractivity contribution < 1.29 is 9.63 Å². The van der Waals surface area contributed by atoms with Gasteiger partial charge in [-0.15, -0.1) is 0 Å². The second kappa shape index (κ2) is 8.97. The predicted octanol–water partition coefficient (Wildman–Crippen LogP) is 4.97. The summed E-state index contributed by atoms with van der Waals surface area (Å²) in [4.78, 5) is 20.3. The lowest BCUT2D eigenvalue weighted by Crippen LogP contribution is -2.38. The first-order chi connectivity index (χ1) is 13.7. The van der Waals surface area contributed by atoms with Crippen LogP contribution in [0, 0.1) is 5.92 Å². The molecule has 0 saturated carbocycles. The maximum atomic E-state index is 12.6. The molecular weight excluding hydrogens is 372 g/mol. The molecule has 0 bridgehead atoms. The van der Waals surface area contributed by atoms with Crippen molar-refractivity contribution >= 4 is 23.2 Å². The number of hydrogen-bond donors (Lipinski definition) is 0. The summed E-state index contributed by atoms with van der Waals surface area (Å²) in [5, 5.41) is 2.67. The number of nitrogens with zero attached hydrogens (tertiary/aromatic N) is 2. The first kappa shape index (κ1) is 19.3. The van der Waals surface area contributed by atoms with Crippen molar-refractivity contribution in [1.29, 1.82) is 0 Å². The second-order valence-corrected chi connectivity index (χ2v) is 8.19. The molecule has 2 aliphatic rings.